The minimum atomic E-state index is -0.833. The molecular weight excluding hydrogens is 288 g/mol. The molecule has 0 fully saturated rings. The highest BCUT2D eigenvalue weighted by molar-refractivity contribution is 5.62. The van der Waals surface area contributed by atoms with E-state index in [0.717, 1.165) is 17.1 Å². The van der Waals surface area contributed by atoms with Crippen LogP contribution in [0.4, 0.5) is 11.5 Å². The first kappa shape index (κ1) is 17.0. The van der Waals surface area contributed by atoms with Gasteiger partial charge in [-0.25, -0.2) is 4.79 Å². The van der Waals surface area contributed by atoms with Gasteiger partial charge in [0.25, 0.3) is 11.5 Å². The normalized spacial score (nSPS) is 9.73. The first-order valence-corrected chi connectivity index (χ1v) is 6.32. The molecule has 0 saturated carbocycles. The average molecular weight is 306 g/mol. The molecule has 2 aromatic rings. The molecule has 0 aliphatic carbocycles. The van der Waals surface area contributed by atoms with Crippen molar-refractivity contribution >= 4 is 17.5 Å². The smallest absolute Gasteiger partial charge is 0.332 e. The van der Waals surface area contributed by atoms with Crippen LogP contribution >= 0.6 is 0 Å². The molecule has 0 aliphatic rings. The summed E-state index contributed by atoms with van der Waals surface area (Å²) in [5.74, 6) is -0.689. The molecular formula is C14H18N4O4. The second kappa shape index (κ2) is 7.11. The van der Waals surface area contributed by atoms with Gasteiger partial charge in [0.1, 0.15) is 5.82 Å². The number of hydrogen-bond donors (Lipinski definition) is 3. The lowest BCUT2D eigenvalue weighted by atomic mass is 10.2. The van der Waals surface area contributed by atoms with Gasteiger partial charge in [-0.05, 0) is 17.7 Å². The van der Waals surface area contributed by atoms with Crippen LogP contribution in [-0.4, -0.2) is 20.2 Å². The molecule has 5 N–H and O–H groups in total. The zero-order valence-electron chi connectivity index (χ0n) is 12.3. The summed E-state index contributed by atoms with van der Waals surface area (Å²) in [6.45, 7) is 1.36. The Bertz CT molecular complexity index is 788. The maximum atomic E-state index is 11.9. The van der Waals surface area contributed by atoms with Gasteiger partial charge in [0.15, 0.2) is 0 Å². The highest BCUT2D eigenvalue weighted by Crippen LogP contribution is 2.08. The number of aromatic nitrogens is 2. The average Bonchev–Trinajstić information content (AvgIpc) is 2.41. The molecule has 118 valence electrons. The van der Waals surface area contributed by atoms with Gasteiger partial charge in [0, 0.05) is 25.7 Å². The number of nitrogen functional groups attached to an aromatic ring is 2. The van der Waals surface area contributed by atoms with E-state index in [4.69, 9.17) is 21.4 Å². The molecule has 0 bridgehead atoms. The number of anilines is 2. The monoisotopic (exact) mass is 306 g/mol. The Hall–Kier alpha value is -3.03. The largest absolute Gasteiger partial charge is 0.481 e. The van der Waals surface area contributed by atoms with Gasteiger partial charge < -0.3 is 16.6 Å². The van der Waals surface area contributed by atoms with Crippen molar-refractivity contribution in [2.45, 2.75) is 13.5 Å². The maximum absolute atomic E-state index is 11.9. The fourth-order valence-electron chi connectivity index (χ4n) is 1.72. The predicted molar refractivity (Wildman–Crippen MR) is 83.6 cm³/mol. The molecule has 0 saturated heterocycles. The summed E-state index contributed by atoms with van der Waals surface area (Å²) >= 11 is 0. The summed E-state index contributed by atoms with van der Waals surface area (Å²) < 4.78 is 2.35. The van der Waals surface area contributed by atoms with Crippen LogP contribution in [0, 0.1) is 0 Å². The molecule has 0 radical (unpaired) electrons. The molecule has 0 atom stereocenters. The molecule has 22 heavy (non-hydrogen) atoms. The van der Waals surface area contributed by atoms with Crippen LogP contribution < -0.4 is 22.7 Å². The number of carbonyl (C=O) groups is 1. The lowest BCUT2D eigenvalue weighted by molar-refractivity contribution is -0.134. The van der Waals surface area contributed by atoms with Gasteiger partial charge >= 0.3 is 5.69 Å². The van der Waals surface area contributed by atoms with E-state index in [1.165, 1.54) is 17.7 Å². The van der Waals surface area contributed by atoms with E-state index >= 15 is 0 Å². The van der Waals surface area contributed by atoms with E-state index in [2.05, 4.69) is 0 Å². The predicted octanol–water partition coefficient (Wildman–Crippen LogP) is -0.149. The van der Waals surface area contributed by atoms with Crippen LogP contribution in [0.5, 0.6) is 0 Å². The molecule has 1 aromatic heterocycles. The zero-order valence-corrected chi connectivity index (χ0v) is 12.3. The van der Waals surface area contributed by atoms with Crippen LogP contribution in [0.15, 0.2) is 39.9 Å². The van der Waals surface area contributed by atoms with Crippen LogP contribution in [0.1, 0.15) is 12.5 Å². The Morgan fingerprint density at radius 2 is 1.82 bits per heavy atom. The summed E-state index contributed by atoms with van der Waals surface area (Å²) in [7, 11) is 1.42. The van der Waals surface area contributed by atoms with Gasteiger partial charge in [-0.15, -0.1) is 0 Å². The number of aliphatic carboxylic acids is 1. The van der Waals surface area contributed by atoms with Crippen molar-refractivity contribution in [2.75, 3.05) is 11.5 Å². The standard InChI is InChI=1S/C12H14N4O2.C2H4O2/c1-15-11(17)6-10(14)16(12(15)18)7-8-3-2-4-9(13)5-8;1-2(3)4/h2-6H,7,13-14H2,1H3;1H3,(H,3,4). The number of carboxylic acids is 1. The molecule has 0 spiro atoms. The summed E-state index contributed by atoms with van der Waals surface area (Å²) in [5.41, 5.74) is 12.0. The van der Waals surface area contributed by atoms with Crippen molar-refractivity contribution in [3.63, 3.8) is 0 Å². The molecule has 0 unspecified atom stereocenters. The van der Waals surface area contributed by atoms with Gasteiger partial charge in [0.05, 0.1) is 6.54 Å². The Balaban J connectivity index is 0.000000541. The van der Waals surface area contributed by atoms with Crippen molar-refractivity contribution in [2.24, 2.45) is 7.05 Å². The molecule has 2 rings (SSSR count). The van der Waals surface area contributed by atoms with Crippen molar-refractivity contribution in [3.8, 4) is 0 Å². The number of benzene rings is 1. The molecule has 0 aliphatic heterocycles. The highest BCUT2D eigenvalue weighted by Gasteiger charge is 2.07. The molecule has 8 nitrogen and oxygen atoms in total. The quantitative estimate of drug-likeness (QED) is 0.661. The SMILES string of the molecule is CC(=O)O.Cn1c(=O)cc(N)n(Cc2cccc(N)c2)c1=O. The van der Waals surface area contributed by atoms with Gasteiger partial charge in [0.2, 0.25) is 0 Å². The number of hydrogen-bond acceptors (Lipinski definition) is 5. The molecule has 1 aromatic carbocycles. The van der Waals surface area contributed by atoms with Crippen LogP contribution in [0.2, 0.25) is 0 Å². The van der Waals surface area contributed by atoms with E-state index < -0.39 is 17.2 Å². The third-order valence-corrected chi connectivity index (χ3v) is 2.72. The Morgan fingerprint density at radius 1 is 1.23 bits per heavy atom. The van der Waals surface area contributed by atoms with Gasteiger partial charge in [-0.3, -0.25) is 18.7 Å². The number of nitrogens with two attached hydrogens (primary N) is 2. The molecule has 8 heteroatoms. The minimum absolute atomic E-state index is 0.144. The van der Waals surface area contributed by atoms with Crippen LogP contribution in [0.3, 0.4) is 0 Å². The van der Waals surface area contributed by atoms with Crippen molar-refractivity contribution in [3.05, 3.63) is 56.7 Å². The van der Waals surface area contributed by atoms with Crippen LogP contribution in [-0.2, 0) is 18.4 Å². The maximum Gasteiger partial charge on any atom is 0.332 e. The summed E-state index contributed by atoms with van der Waals surface area (Å²) in [6, 6.07) is 8.39. The first-order chi connectivity index (χ1) is 10.2. The molecule has 1 heterocycles. The summed E-state index contributed by atoms with van der Waals surface area (Å²) in [6.07, 6.45) is 0. The highest BCUT2D eigenvalue weighted by atomic mass is 16.4. The third-order valence-electron chi connectivity index (χ3n) is 2.72. The lowest BCUT2D eigenvalue weighted by Gasteiger charge is -2.11. The number of nitrogens with zero attached hydrogens (tertiary/aromatic N) is 2. The van der Waals surface area contributed by atoms with Crippen molar-refractivity contribution < 1.29 is 9.90 Å². The van der Waals surface area contributed by atoms with Gasteiger partial charge in [-0.1, -0.05) is 12.1 Å². The number of carboxylic acid groups (broad SMARTS) is 1. The summed E-state index contributed by atoms with van der Waals surface area (Å²) in [5, 5.41) is 7.42. The van der Waals surface area contributed by atoms with E-state index in [1.807, 2.05) is 6.07 Å². The lowest BCUT2D eigenvalue weighted by Crippen LogP contribution is -2.38. The topological polar surface area (TPSA) is 133 Å². The van der Waals surface area contributed by atoms with Crippen molar-refractivity contribution in [1.29, 1.82) is 0 Å². The second-order valence-electron chi connectivity index (χ2n) is 4.60. The van der Waals surface area contributed by atoms with E-state index in [9.17, 15) is 9.59 Å². The Kier molecular flexibility index (Phi) is 5.50. The van der Waals surface area contributed by atoms with Crippen LogP contribution in [0.25, 0.3) is 0 Å². The van der Waals surface area contributed by atoms with E-state index in [-0.39, 0.29) is 12.4 Å². The Morgan fingerprint density at radius 3 is 2.36 bits per heavy atom. The zero-order chi connectivity index (χ0) is 16.9. The van der Waals surface area contributed by atoms with E-state index in [0.29, 0.717) is 5.69 Å². The fourth-order valence-corrected chi connectivity index (χ4v) is 1.72. The second-order valence-corrected chi connectivity index (χ2v) is 4.60. The number of rotatable bonds is 2. The van der Waals surface area contributed by atoms with E-state index in [1.54, 1.807) is 18.2 Å². The van der Waals surface area contributed by atoms with Crippen molar-refractivity contribution in [1.82, 2.24) is 9.13 Å². The minimum Gasteiger partial charge on any atom is -0.481 e. The Labute approximate surface area is 126 Å². The third kappa shape index (κ3) is 4.51. The van der Waals surface area contributed by atoms with Gasteiger partial charge in [-0.2, -0.15) is 0 Å². The molecule has 0 amide bonds. The first-order valence-electron chi connectivity index (χ1n) is 6.32. The fraction of sp³-hybridized carbons (Fsp3) is 0.214. The summed E-state index contributed by atoms with van der Waals surface area (Å²) in [4.78, 5) is 32.3.